The number of aryl methyl sites for hydroxylation is 2. The van der Waals surface area contributed by atoms with Crippen LogP contribution in [0.3, 0.4) is 0 Å². The normalized spacial score (nSPS) is 12.0. The van der Waals surface area contributed by atoms with Crippen LogP contribution in [0.25, 0.3) is 0 Å². The molecule has 1 atom stereocenters. The molecule has 0 aromatic carbocycles. The number of nitrogens with zero attached hydrogens (tertiary/aromatic N) is 4. The van der Waals surface area contributed by atoms with Crippen LogP contribution >= 0.6 is 23.1 Å². The molecule has 0 aliphatic carbocycles. The standard InChI is InChI=1S/C14H20N6O3S2/c1-5-9(11(22)17-13-16-7(2)8(3)25-13)20-12(15)18-19-14(20)24-6-10(21)23-4/h9H,5-6H2,1-4H3,(H2,15,18)(H,16,17,22). The van der Waals surface area contributed by atoms with E-state index < -0.39 is 12.0 Å². The number of methoxy groups -OCH3 is 1. The van der Waals surface area contributed by atoms with Crippen LogP contribution < -0.4 is 11.1 Å². The number of carbonyl (C=O) groups is 2. The van der Waals surface area contributed by atoms with Crippen LogP contribution in [-0.4, -0.2) is 44.5 Å². The fourth-order valence-electron chi connectivity index (χ4n) is 2.06. The van der Waals surface area contributed by atoms with Crippen molar-refractivity contribution in [2.75, 3.05) is 23.9 Å². The molecule has 0 bridgehead atoms. The lowest BCUT2D eigenvalue weighted by Gasteiger charge is -2.18. The Morgan fingerprint density at radius 3 is 2.68 bits per heavy atom. The molecule has 3 N–H and O–H groups in total. The predicted molar refractivity (Wildman–Crippen MR) is 96.7 cm³/mol. The third-order valence-electron chi connectivity index (χ3n) is 3.50. The van der Waals surface area contributed by atoms with Gasteiger partial charge in [0.2, 0.25) is 11.9 Å². The number of nitrogens with one attached hydrogen (secondary N) is 1. The SMILES string of the molecule is CCC(C(=O)Nc1nc(C)c(C)s1)n1c(N)nnc1SCC(=O)OC. The van der Waals surface area contributed by atoms with E-state index in [0.29, 0.717) is 16.7 Å². The summed E-state index contributed by atoms with van der Waals surface area (Å²) in [6, 6.07) is -0.611. The van der Waals surface area contributed by atoms with Gasteiger partial charge in [-0.05, 0) is 20.3 Å². The Morgan fingerprint density at radius 1 is 1.40 bits per heavy atom. The van der Waals surface area contributed by atoms with Crippen molar-refractivity contribution >= 4 is 46.1 Å². The largest absolute Gasteiger partial charge is 0.468 e. The molecule has 0 saturated carbocycles. The number of thiazole rings is 1. The topological polar surface area (TPSA) is 125 Å². The van der Waals surface area contributed by atoms with E-state index in [4.69, 9.17) is 5.73 Å². The maximum absolute atomic E-state index is 12.7. The Morgan fingerprint density at radius 2 is 2.12 bits per heavy atom. The van der Waals surface area contributed by atoms with E-state index in [1.165, 1.54) is 23.0 Å². The highest BCUT2D eigenvalue weighted by atomic mass is 32.2. The summed E-state index contributed by atoms with van der Waals surface area (Å²) in [6.07, 6.45) is 0.475. The highest BCUT2D eigenvalue weighted by Gasteiger charge is 2.26. The van der Waals surface area contributed by atoms with Crippen LogP contribution in [0.15, 0.2) is 5.16 Å². The Bertz CT molecular complexity index is 753. The summed E-state index contributed by atoms with van der Waals surface area (Å²) >= 11 is 2.53. The summed E-state index contributed by atoms with van der Waals surface area (Å²) in [5.41, 5.74) is 6.76. The molecule has 1 amide bonds. The Hall–Kier alpha value is -2.14. The summed E-state index contributed by atoms with van der Waals surface area (Å²) in [5, 5.41) is 11.5. The van der Waals surface area contributed by atoms with E-state index in [0.717, 1.165) is 22.3 Å². The molecular formula is C14H20N6O3S2. The van der Waals surface area contributed by atoms with Crippen LogP contribution in [0.1, 0.15) is 30.0 Å². The van der Waals surface area contributed by atoms with Crippen molar-refractivity contribution in [3.05, 3.63) is 10.6 Å². The van der Waals surface area contributed by atoms with Gasteiger partial charge in [0.05, 0.1) is 18.6 Å². The number of anilines is 2. The van der Waals surface area contributed by atoms with Crippen molar-refractivity contribution in [3.63, 3.8) is 0 Å². The molecule has 0 aliphatic heterocycles. The molecule has 9 nitrogen and oxygen atoms in total. The first-order valence-electron chi connectivity index (χ1n) is 7.52. The molecule has 0 spiro atoms. The van der Waals surface area contributed by atoms with Gasteiger partial charge in [0.15, 0.2) is 10.3 Å². The summed E-state index contributed by atoms with van der Waals surface area (Å²) in [5.74, 6) is -0.495. The number of carbonyl (C=O) groups excluding carboxylic acids is 2. The maximum Gasteiger partial charge on any atom is 0.316 e. The zero-order valence-corrected chi connectivity index (χ0v) is 16.0. The van der Waals surface area contributed by atoms with E-state index in [1.807, 2.05) is 20.8 Å². The Labute approximate surface area is 153 Å². The van der Waals surface area contributed by atoms with E-state index in [1.54, 1.807) is 0 Å². The van der Waals surface area contributed by atoms with Gasteiger partial charge in [-0.3, -0.25) is 14.2 Å². The summed E-state index contributed by atoms with van der Waals surface area (Å²) in [6.45, 7) is 5.69. The van der Waals surface area contributed by atoms with Crippen molar-refractivity contribution in [1.29, 1.82) is 0 Å². The highest BCUT2D eigenvalue weighted by molar-refractivity contribution is 7.99. The highest BCUT2D eigenvalue weighted by Crippen LogP contribution is 2.27. The third kappa shape index (κ3) is 4.48. The number of aromatic nitrogens is 4. The number of nitrogens with two attached hydrogens (primary N) is 1. The van der Waals surface area contributed by atoms with E-state index in [2.05, 4.69) is 25.2 Å². The van der Waals surface area contributed by atoms with Crippen LogP contribution in [-0.2, 0) is 14.3 Å². The van der Waals surface area contributed by atoms with Crippen molar-refractivity contribution in [2.24, 2.45) is 0 Å². The second-order valence-electron chi connectivity index (χ2n) is 5.15. The van der Waals surface area contributed by atoms with Gasteiger partial charge < -0.3 is 15.8 Å². The third-order valence-corrected chi connectivity index (χ3v) is 5.40. The second-order valence-corrected chi connectivity index (χ2v) is 7.30. The Kier molecular flexibility index (Phi) is 6.37. The van der Waals surface area contributed by atoms with E-state index in [-0.39, 0.29) is 17.6 Å². The number of rotatable bonds is 7. The molecule has 136 valence electrons. The molecule has 2 aromatic rings. The molecule has 11 heteroatoms. The fourth-order valence-corrected chi connectivity index (χ4v) is 3.70. The molecule has 2 aromatic heterocycles. The van der Waals surface area contributed by atoms with Crippen LogP contribution in [0.5, 0.6) is 0 Å². The minimum absolute atomic E-state index is 0.0531. The average Bonchev–Trinajstić information content (AvgIpc) is 3.09. The molecule has 1 unspecified atom stereocenters. The number of thioether (sulfide) groups is 1. The lowest BCUT2D eigenvalue weighted by molar-refractivity contribution is -0.137. The van der Waals surface area contributed by atoms with Gasteiger partial charge in [-0.25, -0.2) is 4.98 Å². The number of ether oxygens (including phenoxy) is 1. The molecule has 25 heavy (non-hydrogen) atoms. The molecule has 0 aliphatic rings. The fraction of sp³-hybridized carbons (Fsp3) is 0.500. The number of hydrogen-bond donors (Lipinski definition) is 2. The van der Waals surface area contributed by atoms with Crippen molar-refractivity contribution in [2.45, 2.75) is 38.4 Å². The van der Waals surface area contributed by atoms with Crippen molar-refractivity contribution < 1.29 is 14.3 Å². The molecule has 0 saturated heterocycles. The molecular weight excluding hydrogens is 364 g/mol. The van der Waals surface area contributed by atoms with E-state index >= 15 is 0 Å². The van der Waals surface area contributed by atoms with Gasteiger partial charge in [-0.2, -0.15) is 0 Å². The molecule has 2 heterocycles. The lowest BCUT2D eigenvalue weighted by Crippen LogP contribution is -2.27. The van der Waals surface area contributed by atoms with Gasteiger partial charge in [0, 0.05) is 4.88 Å². The summed E-state index contributed by atoms with van der Waals surface area (Å²) < 4.78 is 6.13. The van der Waals surface area contributed by atoms with Crippen molar-refractivity contribution in [1.82, 2.24) is 19.7 Å². The van der Waals surface area contributed by atoms with Crippen LogP contribution in [0.4, 0.5) is 11.1 Å². The zero-order chi connectivity index (χ0) is 18.6. The first-order chi connectivity index (χ1) is 11.9. The summed E-state index contributed by atoms with van der Waals surface area (Å²) in [4.78, 5) is 29.4. The second kappa shape index (κ2) is 8.30. The number of nitrogen functional groups attached to an aromatic ring is 1. The minimum Gasteiger partial charge on any atom is -0.468 e. The van der Waals surface area contributed by atoms with E-state index in [9.17, 15) is 9.59 Å². The molecule has 0 radical (unpaired) electrons. The predicted octanol–water partition coefficient (Wildman–Crippen LogP) is 1.79. The number of esters is 1. The zero-order valence-electron chi connectivity index (χ0n) is 14.4. The minimum atomic E-state index is -0.611. The monoisotopic (exact) mass is 384 g/mol. The van der Waals surface area contributed by atoms with Gasteiger partial charge >= 0.3 is 5.97 Å². The van der Waals surface area contributed by atoms with Gasteiger partial charge in [-0.15, -0.1) is 21.5 Å². The first kappa shape index (κ1) is 19.2. The molecule has 2 rings (SSSR count). The maximum atomic E-state index is 12.7. The van der Waals surface area contributed by atoms with Crippen LogP contribution in [0, 0.1) is 13.8 Å². The first-order valence-corrected chi connectivity index (χ1v) is 9.32. The van der Waals surface area contributed by atoms with Crippen molar-refractivity contribution in [3.8, 4) is 0 Å². The summed E-state index contributed by atoms with van der Waals surface area (Å²) in [7, 11) is 1.31. The Balaban J connectivity index is 2.20. The van der Waals surface area contributed by atoms with Gasteiger partial charge in [0.1, 0.15) is 6.04 Å². The smallest absolute Gasteiger partial charge is 0.316 e. The van der Waals surface area contributed by atoms with Gasteiger partial charge in [-0.1, -0.05) is 18.7 Å². The quantitative estimate of drug-likeness (QED) is 0.547. The number of amides is 1. The average molecular weight is 384 g/mol. The lowest BCUT2D eigenvalue weighted by atomic mass is 10.2. The number of hydrogen-bond acceptors (Lipinski definition) is 9. The van der Waals surface area contributed by atoms with Gasteiger partial charge in [0.25, 0.3) is 0 Å². The molecule has 0 fully saturated rings. The van der Waals surface area contributed by atoms with Crippen LogP contribution in [0.2, 0.25) is 0 Å².